The second-order valence-electron chi connectivity index (χ2n) is 4.86. The Kier molecular flexibility index (Phi) is 7.19. The first-order valence-corrected chi connectivity index (χ1v) is 6.71. The Morgan fingerprint density at radius 2 is 1.73 bits per heavy atom. The van der Waals surface area contributed by atoms with Crippen LogP contribution in [0.25, 0.3) is 16.5 Å². The van der Waals surface area contributed by atoms with Crippen LogP contribution >= 0.6 is 0 Å². The van der Waals surface area contributed by atoms with Crippen molar-refractivity contribution in [2.45, 2.75) is 6.92 Å². The molecule has 0 unspecified atom stereocenters. The van der Waals surface area contributed by atoms with Crippen LogP contribution in [0.5, 0.6) is 0 Å². The summed E-state index contributed by atoms with van der Waals surface area (Å²) in [7, 11) is 2.08. The predicted molar refractivity (Wildman–Crippen MR) is 87.6 cm³/mol. The zero-order valence-electron chi connectivity index (χ0n) is 12.9. The van der Waals surface area contributed by atoms with Gasteiger partial charge in [-0.05, 0) is 6.07 Å². The molecule has 0 N–H and O–H groups in total. The third-order valence-electron chi connectivity index (χ3n) is 3.51. The van der Waals surface area contributed by atoms with Crippen molar-refractivity contribution in [2.75, 3.05) is 0 Å². The van der Waals surface area contributed by atoms with Gasteiger partial charge in [0.15, 0.2) is 0 Å². The molecule has 1 heterocycles. The maximum Gasteiger partial charge on any atom is 0.209 e. The van der Waals surface area contributed by atoms with E-state index < -0.39 is 0 Å². The van der Waals surface area contributed by atoms with Gasteiger partial charge in [-0.2, -0.15) is 24.3 Å². The van der Waals surface area contributed by atoms with E-state index in [4.69, 9.17) is 0 Å². The standard InChI is InChI=1S/C19H16N.B.Y/c1-15(16-8-4-3-5-9-16)14-18-13-12-17-10-6-7-11-19(17)20(18)2;;/h3-8,10-13H,1-2H3;;/q-1;;. The van der Waals surface area contributed by atoms with Gasteiger partial charge in [-0.3, -0.25) is 0 Å². The maximum atomic E-state index is 3.47. The Hall–Kier alpha value is -1.24. The summed E-state index contributed by atoms with van der Waals surface area (Å²) in [5.41, 5.74) is 4.46. The van der Waals surface area contributed by atoms with Crippen LogP contribution < -0.4 is 4.57 Å². The van der Waals surface area contributed by atoms with Gasteiger partial charge in [-0.25, -0.2) is 21.8 Å². The summed E-state index contributed by atoms with van der Waals surface area (Å²) < 4.78 is 2.17. The summed E-state index contributed by atoms with van der Waals surface area (Å²) in [4.78, 5) is 0. The fourth-order valence-electron chi connectivity index (χ4n) is 2.36. The molecule has 3 heteroatoms. The van der Waals surface area contributed by atoms with Crippen LogP contribution in [0.3, 0.4) is 0 Å². The molecule has 1 nitrogen and oxygen atoms in total. The largest absolute Gasteiger partial charge is 0.247 e. The third kappa shape index (κ3) is 3.94. The van der Waals surface area contributed by atoms with Gasteiger partial charge in [0.05, 0.1) is 5.69 Å². The maximum absolute atomic E-state index is 3.47. The Morgan fingerprint density at radius 1 is 1.00 bits per heavy atom. The predicted octanol–water partition coefficient (Wildman–Crippen LogP) is 3.34. The Labute approximate surface area is 159 Å². The van der Waals surface area contributed by atoms with Gasteiger partial charge in [0.1, 0.15) is 7.05 Å². The van der Waals surface area contributed by atoms with Crippen LogP contribution in [-0.2, 0) is 39.8 Å². The molecule has 2 aromatic carbocycles. The summed E-state index contributed by atoms with van der Waals surface area (Å²) >= 11 is 0. The van der Waals surface area contributed by atoms with E-state index in [1.54, 1.807) is 0 Å². The molecule has 3 aromatic rings. The minimum Gasteiger partial charge on any atom is -0.247 e. The zero-order chi connectivity index (χ0) is 13.9. The number of hydrogen-bond donors (Lipinski definition) is 0. The summed E-state index contributed by atoms with van der Waals surface area (Å²) in [6.45, 7) is 2.07. The summed E-state index contributed by atoms with van der Waals surface area (Å²) in [6.07, 6.45) is 3.47. The van der Waals surface area contributed by atoms with Crippen molar-refractivity contribution in [3.05, 3.63) is 84.1 Å². The SMILES string of the molecule is CC(=[C-]c1ccc2ccccc2[n+]1C)c1[c-]cccc1.[B].[Y]. The number of aromatic nitrogens is 1. The average molecular weight is 358 g/mol. The molecule has 0 saturated carbocycles. The van der Waals surface area contributed by atoms with Gasteiger partial charge in [-0.1, -0.05) is 31.2 Å². The van der Waals surface area contributed by atoms with E-state index in [1.165, 1.54) is 10.9 Å². The first-order valence-electron chi connectivity index (χ1n) is 6.71. The molecular formula is C19H16BNY-. The van der Waals surface area contributed by atoms with Crippen molar-refractivity contribution >= 4 is 24.9 Å². The summed E-state index contributed by atoms with van der Waals surface area (Å²) in [5.74, 6) is 0. The van der Waals surface area contributed by atoms with Gasteiger partial charge < -0.3 is 0 Å². The molecule has 0 saturated heterocycles. The van der Waals surface area contributed by atoms with Crippen molar-refractivity contribution < 1.29 is 37.3 Å². The summed E-state index contributed by atoms with van der Waals surface area (Å²) in [6, 6.07) is 23.9. The van der Waals surface area contributed by atoms with Crippen LogP contribution in [0.1, 0.15) is 18.2 Å². The molecule has 1 aromatic heterocycles. The van der Waals surface area contributed by atoms with Crippen molar-refractivity contribution in [3.8, 4) is 0 Å². The first-order chi connectivity index (χ1) is 9.75. The van der Waals surface area contributed by atoms with E-state index in [9.17, 15) is 0 Å². The second kappa shape index (κ2) is 8.41. The molecule has 0 aliphatic rings. The van der Waals surface area contributed by atoms with Gasteiger partial charge in [0, 0.05) is 52.6 Å². The number of nitrogens with zero attached hydrogens (tertiary/aromatic N) is 1. The third-order valence-corrected chi connectivity index (χ3v) is 3.51. The zero-order valence-corrected chi connectivity index (χ0v) is 15.7. The van der Waals surface area contributed by atoms with Gasteiger partial charge >= 0.3 is 0 Å². The normalized spacial score (nSPS) is 10.7. The number of benzene rings is 2. The molecule has 104 valence electrons. The molecule has 0 aliphatic carbocycles. The van der Waals surface area contributed by atoms with Crippen molar-refractivity contribution in [1.82, 2.24) is 0 Å². The minimum atomic E-state index is 0. The topological polar surface area (TPSA) is 3.88 Å². The van der Waals surface area contributed by atoms with Crippen molar-refractivity contribution in [2.24, 2.45) is 7.05 Å². The van der Waals surface area contributed by atoms with Crippen LogP contribution in [0, 0.1) is 12.1 Å². The number of fused-ring (bicyclic) bond motifs is 1. The number of rotatable bonds is 2. The quantitative estimate of drug-likeness (QED) is 0.376. The molecule has 0 spiro atoms. The van der Waals surface area contributed by atoms with Crippen LogP contribution in [0.4, 0.5) is 0 Å². The molecule has 0 fully saturated rings. The van der Waals surface area contributed by atoms with E-state index in [0.29, 0.717) is 0 Å². The number of hydrogen-bond acceptors (Lipinski definition) is 0. The average Bonchev–Trinajstić information content (AvgIpc) is 2.51. The fraction of sp³-hybridized carbons (Fsp3) is 0.105. The van der Waals surface area contributed by atoms with Gasteiger partial charge in [-0.15, -0.1) is 6.07 Å². The van der Waals surface area contributed by atoms with Crippen LogP contribution in [-0.4, -0.2) is 8.41 Å². The van der Waals surface area contributed by atoms with E-state index in [-0.39, 0.29) is 41.1 Å². The molecule has 0 aliphatic heterocycles. The Morgan fingerprint density at radius 3 is 2.45 bits per heavy atom. The van der Waals surface area contributed by atoms with Gasteiger partial charge in [0.2, 0.25) is 5.52 Å². The molecule has 0 amide bonds. The van der Waals surface area contributed by atoms with Crippen molar-refractivity contribution in [1.29, 1.82) is 0 Å². The van der Waals surface area contributed by atoms with Crippen LogP contribution in [0.15, 0.2) is 60.7 Å². The minimum absolute atomic E-state index is 0. The molecule has 0 bridgehead atoms. The number of pyridine rings is 1. The molecule has 4 radical (unpaired) electrons. The van der Waals surface area contributed by atoms with E-state index in [0.717, 1.165) is 16.8 Å². The molecule has 3 rings (SSSR count). The molecule has 0 atom stereocenters. The van der Waals surface area contributed by atoms with Crippen molar-refractivity contribution in [3.63, 3.8) is 0 Å². The van der Waals surface area contributed by atoms with E-state index >= 15 is 0 Å². The number of allylic oxidation sites excluding steroid dienone is 1. The Balaban J connectivity index is 0.00000121. The van der Waals surface area contributed by atoms with E-state index in [1.807, 2.05) is 18.2 Å². The molecular weight excluding hydrogens is 342 g/mol. The summed E-state index contributed by atoms with van der Waals surface area (Å²) in [5, 5.41) is 1.24. The first kappa shape index (κ1) is 18.8. The monoisotopic (exact) mass is 358 g/mol. The second-order valence-corrected chi connectivity index (χ2v) is 4.86. The smallest absolute Gasteiger partial charge is 0.209 e. The Bertz CT molecular complexity index is 782. The van der Waals surface area contributed by atoms with Crippen LogP contribution in [0.2, 0.25) is 0 Å². The van der Waals surface area contributed by atoms with E-state index in [2.05, 4.69) is 73.1 Å². The number of para-hydroxylation sites is 1. The molecule has 22 heavy (non-hydrogen) atoms. The number of aryl methyl sites for hydroxylation is 1. The fourth-order valence-corrected chi connectivity index (χ4v) is 2.36. The van der Waals surface area contributed by atoms with Gasteiger partial charge in [0.25, 0.3) is 0 Å².